The van der Waals surface area contributed by atoms with E-state index in [0.717, 1.165) is 6.54 Å². The quantitative estimate of drug-likeness (QED) is 0.591. The monoisotopic (exact) mass is 141 g/mol. The van der Waals surface area contributed by atoms with Gasteiger partial charge in [0.05, 0.1) is 0 Å². The summed E-state index contributed by atoms with van der Waals surface area (Å²) in [6, 6.07) is 0. The molecule has 1 N–H and O–H groups in total. The third-order valence-electron chi connectivity index (χ3n) is 1.38. The van der Waals surface area contributed by atoms with Crippen LogP contribution in [0.5, 0.6) is 0 Å². The standard InChI is InChI=1S/C8H15NO/c1-6(2)8(10)7(3)5-9-4/h7,9H,1,5H2,2-4H3. The second kappa shape index (κ2) is 4.23. The maximum Gasteiger partial charge on any atom is 0.162 e. The Kier molecular flexibility index (Phi) is 3.96. The number of allylic oxidation sites excluding steroid dienone is 1. The lowest BCUT2D eigenvalue weighted by Gasteiger charge is -2.07. The van der Waals surface area contributed by atoms with Crippen LogP contribution in [-0.2, 0) is 4.79 Å². The third-order valence-corrected chi connectivity index (χ3v) is 1.38. The second-order valence-electron chi connectivity index (χ2n) is 2.60. The normalized spacial score (nSPS) is 12.7. The van der Waals surface area contributed by atoms with Crippen LogP contribution in [0.25, 0.3) is 0 Å². The molecular weight excluding hydrogens is 126 g/mol. The predicted octanol–water partition coefficient (Wildman–Crippen LogP) is 0.987. The third kappa shape index (κ3) is 2.78. The summed E-state index contributed by atoms with van der Waals surface area (Å²) in [6.45, 7) is 7.95. The Labute approximate surface area is 62.3 Å². The van der Waals surface area contributed by atoms with Crippen molar-refractivity contribution in [1.82, 2.24) is 5.32 Å². The number of nitrogens with one attached hydrogen (secondary N) is 1. The van der Waals surface area contributed by atoms with Crippen LogP contribution in [0.1, 0.15) is 13.8 Å². The van der Waals surface area contributed by atoms with Gasteiger partial charge in [-0.25, -0.2) is 0 Å². The van der Waals surface area contributed by atoms with E-state index in [1.165, 1.54) is 0 Å². The first-order valence-corrected chi connectivity index (χ1v) is 3.44. The van der Waals surface area contributed by atoms with E-state index >= 15 is 0 Å². The highest BCUT2D eigenvalue weighted by Crippen LogP contribution is 2.01. The molecule has 0 saturated heterocycles. The van der Waals surface area contributed by atoms with Gasteiger partial charge in [0.1, 0.15) is 0 Å². The number of ketones is 1. The summed E-state index contributed by atoms with van der Waals surface area (Å²) in [4.78, 5) is 11.1. The van der Waals surface area contributed by atoms with Crippen molar-refractivity contribution in [3.8, 4) is 0 Å². The SMILES string of the molecule is C=C(C)C(=O)C(C)CNC. The van der Waals surface area contributed by atoms with E-state index in [9.17, 15) is 4.79 Å². The van der Waals surface area contributed by atoms with E-state index < -0.39 is 0 Å². The van der Waals surface area contributed by atoms with Crippen molar-refractivity contribution in [3.05, 3.63) is 12.2 Å². The molecule has 2 heteroatoms. The van der Waals surface area contributed by atoms with E-state index in [4.69, 9.17) is 0 Å². The van der Waals surface area contributed by atoms with E-state index in [1.54, 1.807) is 6.92 Å². The minimum Gasteiger partial charge on any atom is -0.319 e. The first-order valence-electron chi connectivity index (χ1n) is 3.44. The molecule has 0 spiro atoms. The van der Waals surface area contributed by atoms with Crippen molar-refractivity contribution in [2.24, 2.45) is 5.92 Å². The van der Waals surface area contributed by atoms with Crippen LogP contribution in [0.15, 0.2) is 12.2 Å². The van der Waals surface area contributed by atoms with Gasteiger partial charge in [-0.3, -0.25) is 4.79 Å². The highest BCUT2D eigenvalue weighted by atomic mass is 16.1. The molecule has 0 amide bonds. The minimum atomic E-state index is 0.0579. The lowest BCUT2D eigenvalue weighted by molar-refractivity contribution is -0.118. The highest BCUT2D eigenvalue weighted by Gasteiger charge is 2.11. The van der Waals surface area contributed by atoms with Gasteiger partial charge >= 0.3 is 0 Å². The van der Waals surface area contributed by atoms with Crippen LogP contribution in [-0.4, -0.2) is 19.4 Å². The van der Waals surface area contributed by atoms with Gasteiger partial charge in [-0.2, -0.15) is 0 Å². The molecule has 0 heterocycles. The zero-order valence-electron chi connectivity index (χ0n) is 6.90. The molecule has 0 bridgehead atoms. The smallest absolute Gasteiger partial charge is 0.162 e. The Balaban J connectivity index is 3.82. The van der Waals surface area contributed by atoms with E-state index in [-0.39, 0.29) is 11.7 Å². The summed E-state index contributed by atoms with van der Waals surface area (Å²) < 4.78 is 0. The van der Waals surface area contributed by atoms with Crippen molar-refractivity contribution in [2.45, 2.75) is 13.8 Å². The number of Topliss-reactive ketones (excluding diaryl/α,β-unsaturated/α-hetero) is 1. The number of carbonyl (C=O) groups excluding carboxylic acids is 1. The van der Waals surface area contributed by atoms with Gasteiger partial charge in [-0.15, -0.1) is 0 Å². The number of hydrogen-bond acceptors (Lipinski definition) is 2. The molecule has 0 radical (unpaired) electrons. The summed E-state index contributed by atoms with van der Waals surface area (Å²) in [7, 11) is 1.84. The summed E-state index contributed by atoms with van der Waals surface area (Å²) >= 11 is 0. The largest absolute Gasteiger partial charge is 0.319 e. The topological polar surface area (TPSA) is 29.1 Å². The van der Waals surface area contributed by atoms with Crippen molar-refractivity contribution in [2.75, 3.05) is 13.6 Å². The summed E-state index contributed by atoms with van der Waals surface area (Å²) in [6.07, 6.45) is 0. The van der Waals surface area contributed by atoms with Gasteiger partial charge in [-0.05, 0) is 19.5 Å². The van der Waals surface area contributed by atoms with Gasteiger partial charge in [0.2, 0.25) is 0 Å². The molecule has 1 atom stereocenters. The molecule has 0 saturated carbocycles. The Morgan fingerprint density at radius 3 is 2.50 bits per heavy atom. The minimum absolute atomic E-state index is 0.0579. The van der Waals surface area contributed by atoms with Gasteiger partial charge in [0.15, 0.2) is 5.78 Å². The van der Waals surface area contributed by atoms with Gasteiger partial charge < -0.3 is 5.32 Å². The summed E-state index contributed by atoms with van der Waals surface area (Å²) in [5.41, 5.74) is 0.641. The van der Waals surface area contributed by atoms with Crippen LogP contribution in [0, 0.1) is 5.92 Å². The van der Waals surface area contributed by atoms with Crippen molar-refractivity contribution in [3.63, 3.8) is 0 Å². The molecule has 0 aromatic carbocycles. The molecule has 0 aliphatic heterocycles. The van der Waals surface area contributed by atoms with E-state index in [0.29, 0.717) is 5.57 Å². The molecule has 0 aromatic heterocycles. The average molecular weight is 141 g/mol. The van der Waals surface area contributed by atoms with Crippen molar-refractivity contribution >= 4 is 5.78 Å². The maximum atomic E-state index is 11.1. The van der Waals surface area contributed by atoms with Crippen LogP contribution >= 0.6 is 0 Å². The first kappa shape index (κ1) is 9.37. The van der Waals surface area contributed by atoms with Gasteiger partial charge in [0, 0.05) is 12.5 Å². The Morgan fingerprint density at radius 1 is 1.70 bits per heavy atom. The maximum absolute atomic E-state index is 11.1. The molecule has 10 heavy (non-hydrogen) atoms. The molecule has 0 rings (SSSR count). The number of hydrogen-bond donors (Lipinski definition) is 1. The number of carbonyl (C=O) groups is 1. The van der Waals surface area contributed by atoms with Crippen LogP contribution in [0.2, 0.25) is 0 Å². The van der Waals surface area contributed by atoms with Crippen LogP contribution in [0.3, 0.4) is 0 Å². The molecule has 58 valence electrons. The highest BCUT2D eigenvalue weighted by molar-refractivity contribution is 5.95. The molecule has 0 aliphatic rings. The van der Waals surface area contributed by atoms with Crippen molar-refractivity contribution in [1.29, 1.82) is 0 Å². The first-order chi connectivity index (χ1) is 4.59. The Bertz CT molecular complexity index is 140. The molecular formula is C8H15NO. The molecule has 1 unspecified atom stereocenters. The predicted molar refractivity (Wildman–Crippen MR) is 42.9 cm³/mol. The molecule has 0 aromatic rings. The van der Waals surface area contributed by atoms with Crippen LogP contribution < -0.4 is 5.32 Å². The summed E-state index contributed by atoms with van der Waals surface area (Å²) in [5.74, 6) is 0.205. The van der Waals surface area contributed by atoms with Crippen molar-refractivity contribution < 1.29 is 4.79 Å². The molecule has 0 aliphatic carbocycles. The molecule has 0 fully saturated rings. The lowest BCUT2D eigenvalue weighted by Crippen LogP contribution is -2.23. The van der Waals surface area contributed by atoms with Crippen LogP contribution in [0.4, 0.5) is 0 Å². The fourth-order valence-electron chi connectivity index (χ4n) is 0.820. The second-order valence-corrected chi connectivity index (χ2v) is 2.60. The zero-order chi connectivity index (χ0) is 8.15. The van der Waals surface area contributed by atoms with Gasteiger partial charge in [-0.1, -0.05) is 13.5 Å². The zero-order valence-corrected chi connectivity index (χ0v) is 6.90. The van der Waals surface area contributed by atoms with E-state index in [2.05, 4.69) is 11.9 Å². The Morgan fingerprint density at radius 2 is 2.20 bits per heavy atom. The number of rotatable bonds is 4. The summed E-state index contributed by atoms with van der Waals surface area (Å²) in [5, 5.41) is 2.94. The van der Waals surface area contributed by atoms with E-state index in [1.807, 2.05) is 14.0 Å². The molecule has 2 nitrogen and oxygen atoms in total. The fraction of sp³-hybridized carbons (Fsp3) is 0.625. The Hall–Kier alpha value is -0.630. The van der Waals surface area contributed by atoms with Gasteiger partial charge in [0.25, 0.3) is 0 Å². The fourth-order valence-corrected chi connectivity index (χ4v) is 0.820. The average Bonchev–Trinajstić information content (AvgIpc) is 1.87. The lowest BCUT2D eigenvalue weighted by atomic mass is 10.0.